The van der Waals surface area contributed by atoms with Crippen LogP contribution in [-0.4, -0.2) is 170 Å². The largest absolute Gasteiger partial charge is 4.00 e. The number of hydrogen-bond acceptors (Lipinski definition) is 24. The number of rotatable bonds is 44. The molecule has 0 N–H and O–H groups in total. The van der Waals surface area contributed by atoms with Gasteiger partial charge in [0, 0.05) is 49.6 Å². The predicted octanol–water partition coefficient (Wildman–Crippen LogP) is 4.23. The van der Waals surface area contributed by atoms with Gasteiger partial charge in [0.1, 0.15) is 49.6 Å². The summed E-state index contributed by atoms with van der Waals surface area (Å²) in [4.78, 5) is 89.6. The van der Waals surface area contributed by atoms with Crippen molar-refractivity contribution in [2.24, 2.45) is 0 Å². The summed E-state index contributed by atoms with van der Waals surface area (Å²) in [6, 6.07) is 0. The van der Waals surface area contributed by atoms with Gasteiger partial charge < -0.3 is 96.4 Å². The minimum Gasteiger partial charge on any atom is -0.550 e. The number of carboxylic acids is 4. The van der Waals surface area contributed by atoms with Gasteiger partial charge in [0.25, 0.3) is 0 Å². The predicted molar refractivity (Wildman–Crippen MR) is 302 cm³/mol. The first kappa shape index (κ1) is 90.5. The van der Waals surface area contributed by atoms with E-state index in [9.17, 15) is 58.8 Å². The Balaban J connectivity index is -0.000000333. The molecule has 0 aliphatic heterocycles. The van der Waals surface area contributed by atoms with Crippen LogP contribution < -0.4 is 20.4 Å². The first-order valence-corrected chi connectivity index (χ1v) is 29.0. The molecular formula is C60H108O24Ti. The summed E-state index contributed by atoms with van der Waals surface area (Å²) >= 11 is 0. The molecule has 0 aliphatic carbocycles. The van der Waals surface area contributed by atoms with E-state index in [-0.39, 0.29) is 147 Å². The molecule has 0 saturated carbocycles. The number of carboxylic acid groups (broad SMARTS) is 4. The normalized spacial score (nSPS) is 12.3. The van der Waals surface area contributed by atoms with E-state index in [4.69, 9.17) is 56.8 Å². The fraction of sp³-hybridized carbons (Fsp3) is 0.867. The fourth-order valence-corrected chi connectivity index (χ4v) is 7.63. The maximum absolute atomic E-state index is 11.8. The van der Waals surface area contributed by atoms with Gasteiger partial charge in [-0.05, 0) is 166 Å². The fourth-order valence-electron chi connectivity index (χ4n) is 7.63. The van der Waals surface area contributed by atoms with Crippen molar-refractivity contribution in [1.82, 2.24) is 0 Å². The zero-order valence-electron chi connectivity index (χ0n) is 55.7. The van der Waals surface area contributed by atoms with Crippen molar-refractivity contribution in [3.63, 3.8) is 0 Å². The summed E-state index contributed by atoms with van der Waals surface area (Å²) < 4.78 is 68.4. The Hall–Kier alpha value is -3.21. The topological polar surface area (TPSA) is 340 Å². The Bertz CT molecular complexity index is 1570. The molecule has 85 heavy (non-hydrogen) atoms. The van der Waals surface area contributed by atoms with E-state index < -0.39 is 95.8 Å². The Morgan fingerprint density at radius 2 is 0.365 bits per heavy atom. The maximum Gasteiger partial charge on any atom is 4.00 e. The molecule has 0 radical (unpaired) electrons. The van der Waals surface area contributed by atoms with Crippen LogP contribution in [0.25, 0.3) is 0 Å². The molecule has 0 saturated heterocycles. The van der Waals surface area contributed by atoms with Crippen molar-refractivity contribution < 1.29 is 137 Å². The summed E-state index contributed by atoms with van der Waals surface area (Å²) in [5.41, 5.74) is 0. The molecule has 0 rings (SSSR count). The van der Waals surface area contributed by atoms with E-state index in [2.05, 4.69) is 0 Å². The van der Waals surface area contributed by atoms with Crippen molar-refractivity contribution in [1.29, 1.82) is 0 Å². The number of carbonyl (C=O) groups excluding carboxylic acids is 8. The number of carbonyl (C=O) groups is 8. The van der Waals surface area contributed by atoms with Gasteiger partial charge in [-0.25, -0.2) is 0 Å². The average Bonchev–Trinajstić information content (AvgIpc) is 3.24. The second kappa shape index (κ2) is 46.8. The van der Waals surface area contributed by atoms with Crippen molar-refractivity contribution in [3.05, 3.63) is 0 Å². The van der Waals surface area contributed by atoms with E-state index in [1.807, 2.05) is 166 Å². The Kier molecular flexibility index (Phi) is 49.9. The van der Waals surface area contributed by atoms with Crippen LogP contribution >= 0.6 is 0 Å². The monoisotopic (exact) mass is 1260 g/mol. The molecule has 0 aromatic rings. The number of aliphatic carboxylic acids is 4. The van der Waals surface area contributed by atoms with Gasteiger partial charge in [-0.15, -0.1) is 0 Å². The van der Waals surface area contributed by atoms with Crippen LogP contribution in [0.5, 0.6) is 0 Å². The molecular weight excluding hydrogens is 1150 g/mol. The van der Waals surface area contributed by atoms with E-state index in [0.29, 0.717) is 0 Å². The summed E-state index contributed by atoms with van der Waals surface area (Å²) in [5, 5.41) is 42.2. The minimum absolute atomic E-state index is 0. The first-order valence-electron chi connectivity index (χ1n) is 29.0. The number of ether oxygens (including phenoxy) is 12. The molecule has 0 aromatic carbocycles. The van der Waals surface area contributed by atoms with E-state index in [0.717, 1.165) is 0 Å². The van der Waals surface area contributed by atoms with Crippen molar-refractivity contribution in [2.75, 3.05) is 26.4 Å². The Morgan fingerprint density at radius 3 is 0.447 bits per heavy atom. The van der Waals surface area contributed by atoms with Crippen molar-refractivity contribution in [3.8, 4) is 0 Å². The van der Waals surface area contributed by atoms with E-state index in [1.165, 1.54) is 0 Å². The third-order valence-corrected chi connectivity index (χ3v) is 9.38. The van der Waals surface area contributed by atoms with Crippen LogP contribution in [0.15, 0.2) is 0 Å². The molecule has 24 nitrogen and oxygen atoms in total. The minimum atomic E-state index is -1.41. The molecule has 0 unspecified atom stereocenters. The molecule has 25 heteroatoms. The molecule has 0 heterocycles. The van der Waals surface area contributed by atoms with Gasteiger partial charge in [-0.3, -0.25) is 19.2 Å². The van der Waals surface area contributed by atoms with Crippen molar-refractivity contribution >= 4 is 47.0 Å². The summed E-state index contributed by atoms with van der Waals surface area (Å²) in [7, 11) is 0. The SMILES string of the molecule is CC(C)OCC(CC(=O)CC(=O)[O-])(OC(C)C)OC(C)C.CC(C)OCC(CC(=O)CC(=O)[O-])(OC(C)C)OC(C)C.CC(C)OCC(CC(=O)CC(=O)[O-])(OC(C)C)OC(C)C.CC(C)OCC(CC(=O)CC(=O)[O-])(OC(C)C)OC(C)C.[Ti+4]. The molecule has 0 spiro atoms. The van der Waals surface area contributed by atoms with Crippen LogP contribution in [0.2, 0.25) is 0 Å². The van der Waals surface area contributed by atoms with Crippen LogP contribution in [-0.2, 0) is 117 Å². The number of Topliss-reactive ketones (excluding diaryl/α,β-unsaturated/α-hetero) is 4. The van der Waals surface area contributed by atoms with Crippen LogP contribution in [0.3, 0.4) is 0 Å². The maximum atomic E-state index is 11.8. The molecule has 0 atom stereocenters. The number of hydrogen-bond donors (Lipinski definition) is 0. The molecule has 0 bridgehead atoms. The van der Waals surface area contributed by atoms with Gasteiger partial charge in [0.15, 0.2) is 23.1 Å². The summed E-state index contributed by atoms with van der Waals surface area (Å²) in [6.07, 6.45) is -5.25. The second-order valence-corrected chi connectivity index (χ2v) is 23.5. The van der Waals surface area contributed by atoms with Crippen LogP contribution in [0.1, 0.15) is 218 Å². The summed E-state index contributed by atoms with van der Waals surface area (Å²) in [5.74, 6) is -12.8. The summed E-state index contributed by atoms with van der Waals surface area (Å²) in [6.45, 7) is 44.2. The van der Waals surface area contributed by atoms with Crippen LogP contribution in [0.4, 0.5) is 0 Å². The molecule has 496 valence electrons. The van der Waals surface area contributed by atoms with Gasteiger partial charge in [0.05, 0.1) is 98.9 Å². The third-order valence-electron chi connectivity index (χ3n) is 9.38. The van der Waals surface area contributed by atoms with Gasteiger partial charge in [-0.1, -0.05) is 0 Å². The second-order valence-electron chi connectivity index (χ2n) is 23.5. The molecule has 0 aromatic heterocycles. The quantitative estimate of drug-likeness (QED) is 0.0468. The Morgan fingerprint density at radius 1 is 0.247 bits per heavy atom. The third kappa shape index (κ3) is 53.5. The molecule has 0 aliphatic rings. The van der Waals surface area contributed by atoms with Crippen LogP contribution in [0, 0.1) is 0 Å². The molecule has 0 amide bonds. The van der Waals surface area contributed by atoms with Gasteiger partial charge >= 0.3 is 21.7 Å². The van der Waals surface area contributed by atoms with Crippen molar-refractivity contribution in [2.45, 2.75) is 314 Å². The Labute approximate surface area is 522 Å². The standard InChI is InChI=1S/4C15H28O6.Ti/c4*1-10(2)19-9-15(20-11(3)4,21-12(5)6)8-13(16)7-14(17)18;/h4*10-12H,7-9H2,1-6H3,(H,17,18);/q;;;;+4/p-4. The van der Waals surface area contributed by atoms with Gasteiger partial charge in [0.2, 0.25) is 0 Å². The molecule has 0 fully saturated rings. The number of ketones is 4. The van der Waals surface area contributed by atoms with E-state index >= 15 is 0 Å². The van der Waals surface area contributed by atoms with E-state index in [1.54, 1.807) is 0 Å². The zero-order chi connectivity index (χ0) is 66.5. The first-order chi connectivity index (χ1) is 38.2. The zero-order valence-corrected chi connectivity index (χ0v) is 57.3. The smallest absolute Gasteiger partial charge is 0.550 e. The average molecular weight is 1260 g/mol. The van der Waals surface area contributed by atoms with Gasteiger partial charge in [-0.2, -0.15) is 0 Å².